The monoisotopic (exact) mass is 398 g/mol. The maximum absolute atomic E-state index is 5.03. The molecule has 0 radical (unpaired) electrons. The average Bonchev–Trinajstić information content (AvgIpc) is 2.64. The zero-order valence-electron chi connectivity index (χ0n) is 17.4. The Kier molecular flexibility index (Phi) is 65.1. The summed E-state index contributed by atoms with van der Waals surface area (Å²) in [6.07, 6.45) is 6.51. The second-order valence-electron chi connectivity index (χ2n) is 4.43. The number of allylic oxidation sites excluding steroid dienone is 1. The minimum atomic E-state index is 0. The molecule has 5 heteroatoms. The molecule has 0 fully saturated rings. The van der Waals surface area contributed by atoms with Crippen molar-refractivity contribution in [3.63, 3.8) is 0 Å². The molecule has 0 aromatic heterocycles. The molecule has 2 aromatic rings. The molecule has 2 aromatic carbocycles. The van der Waals surface area contributed by atoms with Crippen molar-refractivity contribution in [1.29, 1.82) is 0 Å². The van der Waals surface area contributed by atoms with E-state index in [1.54, 1.807) is 6.08 Å². The smallest absolute Gasteiger partial charge is 0.870 e. The Bertz CT molecular complexity index is 460. The van der Waals surface area contributed by atoms with E-state index in [9.17, 15) is 0 Å². The molecule has 0 aliphatic rings. The van der Waals surface area contributed by atoms with Crippen LogP contribution in [0.4, 0.5) is 0 Å². The molecule has 2 rings (SSSR count). The summed E-state index contributed by atoms with van der Waals surface area (Å²) in [5, 5.41) is 0. The average molecular weight is 399 g/mol. The van der Waals surface area contributed by atoms with Gasteiger partial charge in [-0.25, -0.2) is 0 Å². The summed E-state index contributed by atoms with van der Waals surface area (Å²) in [5.41, 5.74) is 7.38. The Labute approximate surface area is 196 Å². The second kappa shape index (κ2) is 40.3. The maximum Gasteiger partial charge on any atom is 1.00 e. The first kappa shape index (κ1) is 45.3. The Balaban J connectivity index is -0.0000000422. The van der Waals surface area contributed by atoms with E-state index in [-0.39, 0.29) is 54.8 Å². The van der Waals surface area contributed by atoms with Gasteiger partial charge in [-0.05, 0) is 31.0 Å². The van der Waals surface area contributed by atoms with Crippen LogP contribution in [-0.2, 0) is 0 Å². The zero-order valence-corrected chi connectivity index (χ0v) is 19.4. The minimum absolute atomic E-state index is 0. The topological polar surface area (TPSA) is 125 Å². The fraction of sp³-hybridized carbons (Fsp3) is 0.217. The molecule has 0 spiro atoms. The molecule has 0 saturated carbocycles. The van der Waals surface area contributed by atoms with Crippen molar-refractivity contribution < 1.29 is 35.0 Å². The molecule has 0 amide bonds. The Morgan fingerprint density at radius 2 is 1.04 bits per heavy atom. The van der Waals surface area contributed by atoms with Gasteiger partial charge in [0.15, 0.2) is 0 Å². The van der Waals surface area contributed by atoms with E-state index in [0.717, 1.165) is 13.0 Å². The first-order chi connectivity index (χ1) is 11.2. The normalized spacial score (nSPS) is 6.39. The third kappa shape index (κ3) is 35.6. The van der Waals surface area contributed by atoms with Gasteiger partial charge in [0.25, 0.3) is 0 Å². The predicted octanol–water partition coefficient (Wildman–Crippen LogP) is 4.55. The number of benzene rings is 2. The summed E-state index contributed by atoms with van der Waals surface area (Å²) in [7, 11) is 0. The van der Waals surface area contributed by atoms with Crippen LogP contribution in [0.3, 0.4) is 0 Å². The van der Waals surface area contributed by atoms with Crippen LogP contribution in [-0.4, -0.2) is 12.0 Å². The third-order valence-corrected chi connectivity index (χ3v) is 2.36. The van der Waals surface area contributed by atoms with Crippen molar-refractivity contribution >= 4 is 12.2 Å². The SMILES string of the molecule is C.C=CC.C=Cc1ccccc1.C=Cc1ccccc1.CCCN.N.[NH2-].[Na+].[OH-]. The first-order valence-electron chi connectivity index (χ1n) is 7.82. The molecule has 0 saturated heterocycles. The molecule has 8 N–H and O–H groups in total. The van der Waals surface area contributed by atoms with Gasteiger partial charge in [0.1, 0.15) is 0 Å². The standard InChI is InChI=1S/2C8H8.C3H9N.C3H6.CH4.H3N.H2N.Na.H2O/c2*1-2-8-6-4-3-5-7-8;1-2-3-4;1-3-2;;;;;/h2*2-7H,1H2;2-4H2,1H3;3H,1H2,2H3;1H4;1H3;1H2;;1H2/q;;;;;;-1;+1;/p-1. The summed E-state index contributed by atoms with van der Waals surface area (Å²) in [5.74, 6) is 0. The van der Waals surface area contributed by atoms with Gasteiger partial charge in [0, 0.05) is 0 Å². The van der Waals surface area contributed by atoms with Gasteiger partial charge in [0.05, 0.1) is 0 Å². The molecule has 0 atom stereocenters. The van der Waals surface area contributed by atoms with Crippen LogP contribution in [0, 0.1) is 0 Å². The second-order valence-corrected chi connectivity index (χ2v) is 4.43. The van der Waals surface area contributed by atoms with Gasteiger partial charge in [-0.3, -0.25) is 0 Å². The van der Waals surface area contributed by atoms with Crippen LogP contribution >= 0.6 is 0 Å². The fourth-order valence-corrected chi connectivity index (χ4v) is 1.18. The number of hydrogen-bond acceptors (Lipinski definition) is 3. The largest absolute Gasteiger partial charge is 1.00 e. The van der Waals surface area contributed by atoms with Gasteiger partial charge < -0.3 is 23.5 Å². The van der Waals surface area contributed by atoms with E-state index in [1.165, 1.54) is 11.1 Å². The molecular weight excluding hydrogens is 357 g/mol. The first-order valence-corrected chi connectivity index (χ1v) is 7.82. The number of hydrogen-bond donors (Lipinski definition) is 2. The van der Waals surface area contributed by atoms with Gasteiger partial charge in [0.2, 0.25) is 0 Å². The molecule has 0 unspecified atom stereocenters. The Morgan fingerprint density at radius 1 is 0.821 bits per heavy atom. The van der Waals surface area contributed by atoms with E-state index < -0.39 is 0 Å². The van der Waals surface area contributed by atoms with Gasteiger partial charge >= 0.3 is 29.6 Å². The van der Waals surface area contributed by atoms with Crippen LogP contribution in [0.5, 0.6) is 0 Å². The molecule has 0 aliphatic heterocycles. The van der Waals surface area contributed by atoms with Crippen LogP contribution in [0.15, 0.2) is 86.5 Å². The molecular formula is C23H41N3NaO-. The Hall–Kier alpha value is -1.50. The van der Waals surface area contributed by atoms with Gasteiger partial charge in [-0.1, -0.05) is 106 Å². The van der Waals surface area contributed by atoms with Crippen molar-refractivity contribution in [1.82, 2.24) is 6.15 Å². The van der Waals surface area contributed by atoms with Crippen LogP contribution in [0.2, 0.25) is 0 Å². The molecule has 0 aliphatic carbocycles. The zero-order chi connectivity index (χ0) is 17.8. The molecule has 4 nitrogen and oxygen atoms in total. The fourth-order valence-electron chi connectivity index (χ4n) is 1.18. The van der Waals surface area contributed by atoms with E-state index in [4.69, 9.17) is 5.73 Å². The Morgan fingerprint density at radius 3 is 1.14 bits per heavy atom. The van der Waals surface area contributed by atoms with Crippen molar-refractivity contribution in [2.75, 3.05) is 6.54 Å². The third-order valence-electron chi connectivity index (χ3n) is 2.36. The van der Waals surface area contributed by atoms with E-state index in [0.29, 0.717) is 0 Å². The predicted molar refractivity (Wildman–Crippen MR) is 127 cm³/mol. The minimum Gasteiger partial charge on any atom is -0.870 e. The molecule has 0 bridgehead atoms. The van der Waals surface area contributed by atoms with Crippen LogP contribution in [0.1, 0.15) is 38.8 Å². The van der Waals surface area contributed by atoms with Crippen molar-refractivity contribution in [2.45, 2.75) is 27.7 Å². The summed E-state index contributed by atoms with van der Waals surface area (Å²) in [6, 6.07) is 20.1. The quantitative estimate of drug-likeness (QED) is 0.582. The van der Waals surface area contributed by atoms with E-state index >= 15 is 0 Å². The molecule has 156 valence electrons. The summed E-state index contributed by atoms with van der Waals surface area (Å²) in [4.78, 5) is 0. The van der Waals surface area contributed by atoms with Gasteiger partial charge in [-0.2, -0.15) is 0 Å². The summed E-state index contributed by atoms with van der Waals surface area (Å²) >= 11 is 0. The van der Waals surface area contributed by atoms with E-state index in [1.807, 2.05) is 79.7 Å². The summed E-state index contributed by atoms with van der Waals surface area (Å²) < 4.78 is 0. The molecule has 0 heterocycles. The van der Waals surface area contributed by atoms with Crippen molar-refractivity contribution in [3.8, 4) is 0 Å². The summed E-state index contributed by atoms with van der Waals surface area (Å²) in [6.45, 7) is 15.4. The van der Waals surface area contributed by atoms with E-state index in [2.05, 4.69) is 26.7 Å². The van der Waals surface area contributed by atoms with Crippen LogP contribution < -0.4 is 41.4 Å². The number of rotatable bonds is 3. The number of nitrogens with two attached hydrogens (primary N) is 2. The van der Waals surface area contributed by atoms with Crippen molar-refractivity contribution in [2.24, 2.45) is 5.73 Å². The van der Waals surface area contributed by atoms with Crippen molar-refractivity contribution in [3.05, 3.63) is 104 Å². The molecule has 28 heavy (non-hydrogen) atoms. The maximum atomic E-state index is 5.03. The van der Waals surface area contributed by atoms with Crippen LogP contribution in [0.25, 0.3) is 18.3 Å². The van der Waals surface area contributed by atoms with Gasteiger partial charge in [-0.15, -0.1) is 6.58 Å².